The molecule has 0 unspecified atom stereocenters. The molecule has 106 valence electrons. The lowest BCUT2D eigenvalue weighted by atomic mass is 9.97. The van der Waals surface area contributed by atoms with E-state index in [1.165, 1.54) is 0 Å². The molecule has 0 aliphatic carbocycles. The number of rotatable bonds is 7. The van der Waals surface area contributed by atoms with Crippen LogP contribution in [-0.4, -0.2) is 11.0 Å². The number of phenolic OH excluding ortho intramolecular Hbond substituents is 1. The molecule has 19 heavy (non-hydrogen) atoms. The van der Waals surface area contributed by atoms with Crippen molar-refractivity contribution in [2.45, 2.75) is 46.1 Å². The first-order valence-corrected chi connectivity index (χ1v) is 6.93. The molecule has 4 nitrogen and oxygen atoms in total. The molecule has 0 saturated heterocycles. The average molecular weight is 264 g/mol. The van der Waals surface area contributed by atoms with E-state index in [1.54, 1.807) is 18.2 Å². The molecule has 1 aromatic carbocycles. The zero-order valence-corrected chi connectivity index (χ0v) is 11.8. The van der Waals surface area contributed by atoms with Gasteiger partial charge in [-0.05, 0) is 31.0 Å². The largest absolute Gasteiger partial charge is 0.508 e. The van der Waals surface area contributed by atoms with Gasteiger partial charge in [0.2, 0.25) is 5.91 Å². The van der Waals surface area contributed by atoms with E-state index in [2.05, 4.69) is 19.2 Å². The van der Waals surface area contributed by atoms with Crippen molar-refractivity contribution in [2.75, 3.05) is 5.73 Å². The van der Waals surface area contributed by atoms with Crippen molar-refractivity contribution in [3.05, 3.63) is 23.8 Å². The van der Waals surface area contributed by atoms with E-state index in [-0.39, 0.29) is 17.6 Å². The number of aromatic hydroxyl groups is 1. The number of phenols is 1. The van der Waals surface area contributed by atoms with Crippen molar-refractivity contribution in [3.8, 4) is 5.75 Å². The highest BCUT2D eigenvalue weighted by atomic mass is 16.3. The lowest BCUT2D eigenvalue weighted by Gasteiger charge is -2.15. The van der Waals surface area contributed by atoms with Gasteiger partial charge < -0.3 is 16.2 Å². The van der Waals surface area contributed by atoms with Gasteiger partial charge in [-0.1, -0.05) is 26.7 Å². The maximum atomic E-state index is 12.1. The topological polar surface area (TPSA) is 75.4 Å². The third kappa shape index (κ3) is 4.81. The average Bonchev–Trinajstić information content (AvgIpc) is 2.39. The Bertz CT molecular complexity index is 413. The van der Waals surface area contributed by atoms with Gasteiger partial charge in [-0.15, -0.1) is 0 Å². The van der Waals surface area contributed by atoms with Gasteiger partial charge in [0.15, 0.2) is 0 Å². The molecule has 0 fully saturated rings. The normalized spacial score (nSPS) is 10.7. The van der Waals surface area contributed by atoms with Gasteiger partial charge in [0, 0.05) is 23.7 Å². The number of nitrogens with two attached hydrogens (primary N) is 1. The van der Waals surface area contributed by atoms with Crippen LogP contribution in [0.5, 0.6) is 5.75 Å². The van der Waals surface area contributed by atoms with Crippen molar-refractivity contribution >= 4 is 11.6 Å². The van der Waals surface area contributed by atoms with Crippen LogP contribution in [0.3, 0.4) is 0 Å². The van der Waals surface area contributed by atoms with E-state index in [9.17, 15) is 9.90 Å². The summed E-state index contributed by atoms with van der Waals surface area (Å²) in [4.78, 5) is 12.1. The maximum absolute atomic E-state index is 12.1. The fourth-order valence-electron chi connectivity index (χ4n) is 2.18. The van der Waals surface area contributed by atoms with Crippen molar-refractivity contribution in [2.24, 2.45) is 5.92 Å². The summed E-state index contributed by atoms with van der Waals surface area (Å²) in [6.07, 6.45) is 3.81. The molecule has 0 aliphatic heterocycles. The predicted octanol–water partition coefficient (Wildman–Crippen LogP) is 2.81. The molecule has 0 aromatic heterocycles. The zero-order valence-electron chi connectivity index (χ0n) is 11.8. The summed E-state index contributed by atoms with van der Waals surface area (Å²) in [5.74, 6) is 0.292. The minimum atomic E-state index is 0.0607. The smallest absolute Gasteiger partial charge is 0.223 e. The van der Waals surface area contributed by atoms with E-state index in [0.717, 1.165) is 25.7 Å². The number of nitrogens with one attached hydrogen (secondary N) is 1. The Morgan fingerprint density at radius 1 is 1.32 bits per heavy atom. The molecule has 1 aromatic rings. The van der Waals surface area contributed by atoms with Crippen LogP contribution >= 0.6 is 0 Å². The first kappa shape index (κ1) is 15.3. The van der Waals surface area contributed by atoms with Gasteiger partial charge in [0.25, 0.3) is 0 Å². The van der Waals surface area contributed by atoms with Crippen molar-refractivity contribution < 1.29 is 9.90 Å². The fourth-order valence-corrected chi connectivity index (χ4v) is 2.18. The molecule has 4 N–H and O–H groups in total. The molecule has 0 radical (unpaired) electrons. The fraction of sp³-hybridized carbons (Fsp3) is 0.533. The summed E-state index contributed by atoms with van der Waals surface area (Å²) < 4.78 is 0. The second-order valence-electron chi connectivity index (χ2n) is 4.88. The number of nitrogen functional groups attached to an aromatic ring is 1. The van der Waals surface area contributed by atoms with Crippen LogP contribution in [0.1, 0.15) is 45.1 Å². The first-order valence-electron chi connectivity index (χ1n) is 6.93. The Labute approximate surface area is 115 Å². The number of hydrogen-bond acceptors (Lipinski definition) is 3. The molecular weight excluding hydrogens is 240 g/mol. The number of anilines is 1. The minimum Gasteiger partial charge on any atom is -0.508 e. The molecule has 0 aliphatic rings. The number of carbonyl (C=O) groups excluding carboxylic acids is 1. The monoisotopic (exact) mass is 264 g/mol. The molecule has 0 spiro atoms. The lowest BCUT2D eigenvalue weighted by Crippen LogP contribution is -2.30. The third-order valence-electron chi connectivity index (χ3n) is 3.20. The van der Waals surface area contributed by atoms with Gasteiger partial charge in [0.05, 0.1) is 0 Å². The quantitative estimate of drug-likeness (QED) is 0.523. The van der Waals surface area contributed by atoms with Gasteiger partial charge in [0.1, 0.15) is 5.75 Å². The number of carbonyl (C=O) groups is 1. The van der Waals surface area contributed by atoms with E-state index >= 15 is 0 Å². The van der Waals surface area contributed by atoms with Crippen molar-refractivity contribution in [3.63, 3.8) is 0 Å². The highest BCUT2D eigenvalue weighted by molar-refractivity contribution is 5.78. The second kappa shape index (κ2) is 7.67. The number of benzene rings is 1. The maximum Gasteiger partial charge on any atom is 0.223 e. The zero-order chi connectivity index (χ0) is 14.3. The van der Waals surface area contributed by atoms with Crippen LogP contribution in [-0.2, 0) is 11.3 Å². The van der Waals surface area contributed by atoms with E-state index in [1.807, 2.05) is 0 Å². The van der Waals surface area contributed by atoms with Crippen molar-refractivity contribution in [1.29, 1.82) is 0 Å². The van der Waals surface area contributed by atoms with Crippen LogP contribution in [0.4, 0.5) is 5.69 Å². The van der Waals surface area contributed by atoms with Crippen LogP contribution in [0.25, 0.3) is 0 Å². The lowest BCUT2D eigenvalue weighted by molar-refractivity contribution is -0.125. The molecule has 4 heteroatoms. The Hall–Kier alpha value is -1.71. The van der Waals surface area contributed by atoms with Crippen LogP contribution in [0.2, 0.25) is 0 Å². The summed E-state index contributed by atoms with van der Waals surface area (Å²) in [5, 5.41) is 12.6. The highest BCUT2D eigenvalue weighted by Gasteiger charge is 2.16. The molecule has 0 bridgehead atoms. The number of amides is 1. The second-order valence-corrected chi connectivity index (χ2v) is 4.88. The Kier molecular flexibility index (Phi) is 6.19. The summed E-state index contributed by atoms with van der Waals surface area (Å²) >= 11 is 0. The molecule has 0 saturated carbocycles. The predicted molar refractivity (Wildman–Crippen MR) is 77.7 cm³/mol. The molecule has 0 atom stereocenters. The van der Waals surface area contributed by atoms with E-state index in [4.69, 9.17) is 5.73 Å². The van der Waals surface area contributed by atoms with Gasteiger partial charge in [-0.3, -0.25) is 4.79 Å². The van der Waals surface area contributed by atoms with Gasteiger partial charge >= 0.3 is 0 Å². The van der Waals surface area contributed by atoms with Gasteiger partial charge in [-0.25, -0.2) is 0 Å². The minimum absolute atomic E-state index is 0.0607. The third-order valence-corrected chi connectivity index (χ3v) is 3.20. The molecule has 1 rings (SSSR count). The SMILES string of the molecule is CCCC(CCC)C(=O)NCc1cc(N)ccc1O. The standard InChI is InChI=1S/C15H24N2O2/c1-3-5-11(6-4-2)15(19)17-10-12-9-13(16)7-8-14(12)18/h7-9,11,18H,3-6,10,16H2,1-2H3,(H,17,19). The summed E-state index contributed by atoms with van der Waals surface area (Å²) in [6, 6.07) is 4.87. The number of hydrogen-bond donors (Lipinski definition) is 3. The summed E-state index contributed by atoms with van der Waals surface area (Å²) in [7, 11) is 0. The molecular formula is C15H24N2O2. The van der Waals surface area contributed by atoms with Crippen LogP contribution < -0.4 is 11.1 Å². The highest BCUT2D eigenvalue weighted by Crippen LogP contribution is 2.20. The van der Waals surface area contributed by atoms with Crippen molar-refractivity contribution in [1.82, 2.24) is 5.32 Å². The first-order chi connectivity index (χ1) is 9.08. The summed E-state index contributed by atoms with van der Waals surface area (Å²) in [5.41, 5.74) is 6.90. The van der Waals surface area contributed by atoms with Crippen LogP contribution in [0, 0.1) is 5.92 Å². The Morgan fingerprint density at radius 2 is 1.95 bits per heavy atom. The summed E-state index contributed by atoms with van der Waals surface area (Å²) in [6.45, 7) is 4.49. The van der Waals surface area contributed by atoms with Crippen LogP contribution in [0.15, 0.2) is 18.2 Å². The molecule has 0 heterocycles. The van der Waals surface area contributed by atoms with E-state index in [0.29, 0.717) is 17.8 Å². The Balaban J connectivity index is 2.59. The van der Waals surface area contributed by atoms with Gasteiger partial charge in [-0.2, -0.15) is 0 Å². The Morgan fingerprint density at radius 3 is 2.53 bits per heavy atom. The van der Waals surface area contributed by atoms with E-state index < -0.39 is 0 Å². The molecule has 1 amide bonds.